The number of hydrogen-bond donors (Lipinski definition) is 1. The van der Waals surface area contributed by atoms with Gasteiger partial charge in [-0.2, -0.15) is 10.1 Å². The minimum atomic E-state index is 0.551. The predicted octanol–water partition coefficient (Wildman–Crippen LogP) is 3.80. The SMILES string of the molecule is CCCN(CCC)c1cnnc(Nc2ccccc2CC)n1. The van der Waals surface area contributed by atoms with E-state index in [0.717, 1.165) is 43.9 Å². The molecular weight excluding hydrogens is 274 g/mol. The third-order valence-electron chi connectivity index (χ3n) is 3.50. The summed E-state index contributed by atoms with van der Waals surface area (Å²) in [4.78, 5) is 6.88. The van der Waals surface area contributed by atoms with Crippen LogP contribution in [0.5, 0.6) is 0 Å². The quantitative estimate of drug-likeness (QED) is 0.803. The van der Waals surface area contributed by atoms with Gasteiger partial charge in [0, 0.05) is 18.8 Å². The minimum Gasteiger partial charge on any atom is -0.355 e. The Morgan fingerprint density at radius 3 is 2.45 bits per heavy atom. The smallest absolute Gasteiger partial charge is 0.249 e. The minimum absolute atomic E-state index is 0.551. The number of nitrogens with one attached hydrogen (secondary N) is 1. The summed E-state index contributed by atoms with van der Waals surface area (Å²) in [5.41, 5.74) is 2.29. The Bertz CT molecular complexity index is 579. The Kier molecular flexibility index (Phi) is 6.13. The van der Waals surface area contributed by atoms with Crippen molar-refractivity contribution in [1.29, 1.82) is 0 Å². The standard InChI is InChI=1S/C17H25N5/c1-4-11-22(12-5-2)16-13-18-21-17(20-16)19-15-10-8-7-9-14(15)6-3/h7-10,13H,4-6,11-12H2,1-3H3,(H,19,20,21). The second kappa shape index (κ2) is 8.32. The molecule has 1 aromatic heterocycles. The van der Waals surface area contributed by atoms with Gasteiger partial charge in [0.05, 0.1) is 6.20 Å². The maximum absolute atomic E-state index is 4.62. The number of nitrogens with zero attached hydrogens (tertiary/aromatic N) is 4. The van der Waals surface area contributed by atoms with Crippen LogP contribution < -0.4 is 10.2 Å². The number of rotatable bonds is 8. The lowest BCUT2D eigenvalue weighted by Crippen LogP contribution is -2.26. The molecule has 118 valence electrons. The molecule has 0 radical (unpaired) electrons. The molecule has 2 rings (SSSR count). The van der Waals surface area contributed by atoms with Crippen LogP contribution in [0.2, 0.25) is 0 Å². The molecule has 0 spiro atoms. The fraction of sp³-hybridized carbons (Fsp3) is 0.471. The zero-order chi connectivity index (χ0) is 15.8. The van der Waals surface area contributed by atoms with Crippen molar-refractivity contribution in [3.05, 3.63) is 36.0 Å². The largest absolute Gasteiger partial charge is 0.355 e. The van der Waals surface area contributed by atoms with Crippen molar-refractivity contribution in [2.24, 2.45) is 0 Å². The zero-order valence-corrected chi connectivity index (χ0v) is 13.7. The highest BCUT2D eigenvalue weighted by Crippen LogP contribution is 2.20. The van der Waals surface area contributed by atoms with Crippen molar-refractivity contribution < 1.29 is 0 Å². The van der Waals surface area contributed by atoms with Gasteiger partial charge in [-0.25, -0.2) is 0 Å². The molecule has 0 aliphatic rings. The van der Waals surface area contributed by atoms with Crippen LogP contribution in [-0.2, 0) is 6.42 Å². The number of hydrogen-bond acceptors (Lipinski definition) is 5. The molecule has 0 fully saturated rings. The highest BCUT2D eigenvalue weighted by Gasteiger charge is 2.09. The first kappa shape index (κ1) is 16.2. The van der Waals surface area contributed by atoms with Crippen LogP contribution in [0.15, 0.2) is 30.5 Å². The van der Waals surface area contributed by atoms with Crippen molar-refractivity contribution >= 4 is 17.5 Å². The number of anilines is 3. The van der Waals surface area contributed by atoms with Gasteiger partial charge in [0.25, 0.3) is 0 Å². The summed E-state index contributed by atoms with van der Waals surface area (Å²) >= 11 is 0. The first-order valence-electron chi connectivity index (χ1n) is 8.08. The number of aryl methyl sites for hydroxylation is 1. The van der Waals surface area contributed by atoms with Crippen molar-refractivity contribution in [2.75, 3.05) is 23.3 Å². The first-order chi connectivity index (χ1) is 10.8. The summed E-state index contributed by atoms with van der Waals surface area (Å²) in [7, 11) is 0. The van der Waals surface area contributed by atoms with Crippen molar-refractivity contribution in [1.82, 2.24) is 15.2 Å². The molecule has 0 amide bonds. The van der Waals surface area contributed by atoms with Gasteiger partial charge in [0.1, 0.15) is 0 Å². The summed E-state index contributed by atoms with van der Waals surface area (Å²) in [5, 5.41) is 11.5. The maximum atomic E-state index is 4.62. The highest BCUT2D eigenvalue weighted by molar-refractivity contribution is 5.59. The van der Waals surface area contributed by atoms with Crippen molar-refractivity contribution in [3.63, 3.8) is 0 Å². The molecule has 22 heavy (non-hydrogen) atoms. The molecule has 0 unspecified atom stereocenters. The summed E-state index contributed by atoms with van der Waals surface area (Å²) in [5.74, 6) is 1.44. The van der Waals surface area contributed by atoms with Crippen LogP contribution in [0, 0.1) is 0 Å². The molecule has 1 N–H and O–H groups in total. The monoisotopic (exact) mass is 299 g/mol. The van der Waals surface area contributed by atoms with Crippen LogP contribution in [0.4, 0.5) is 17.5 Å². The topological polar surface area (TPSA) is 53.9 Å². The molecule has 2 aromatic rings. The molecule has 5 nitrogen and oxygen atoms in total. The third kappa shape index (κ3) is 4.16. The van der Waals surface area contributed by atoms with Crippen molar-refractivity contribution in [2.45, 2.75) is 40.0 Å². The van der Waals surface area contributed by atoms with Crippen LogP contribution >= 0.6 is 0 Å². The summed E-state index contributed by atoms with van der Waals surface area (Å²) in [6.07, 6.45) is 4.88. The predicted molar refractivity (Wildman–Crippen MR) is 91.7 cm³/mol. The normalized spacial score (nSPS) is 10.5. The lowest BCUT2D eigenvalue weighted by Gasteiger charge is -2.22. The van der Waals surface area contributed by atoms with Crippen LogP contribution in [0.1, 0.15) is 39.2 Å². The Morgan fingerprint density at radius 1 is 1.05 bits per heavy atom. The van der Waals surface area contributed by atoms with E-state index in [2.05, 4.69) is 52.2 Å². The van der Waals surface area contributed by atoms with Gasteiger partial charge in [-0.3, -0.25) is 0 Å². The summed E-state index contributed by atoms with van der Waals surface area (Å²) in [6.45, 7) is 8.46. The second-order valence-electron chi connectivity index (χ2n) is 5.26. The molecule has 0 saturated carbocycles. The molecule has 0 atom stereocenters. The van der Waals surface area contributed by atoms with Crippen molar-refractivity contribution in [3.8, 4) is 0 Å². The van der Waals surface area contributed by atoms with E-state index >= 15 is 0 Å². The van der Waals surface area contributed by atoms with Gasteiger partial charge in [0.2, 0.25) is 5.95 Å². The first-order valence-corrected chi connectivity index (χ1v) is 8.08. The van der Waals surface area contributed by atoms with E-state index in [1.165, 1.54) is 5.56 Å². The highest BCUT2D eigenvalue weighted by atomic mass is 15.3. The molecule has 0 bridgehead atoms. The van der Waals surface area contributed by atoms with Gasteiger partial charge >= 0.3 is 0 Å². The third-order valence-corrected chi connectivity index (χ3v) is 3.50. The molecule has 5 heteroatoms. The van der Waals surface area contributed by atoms with Crippen LogP contribution in [0.25, 0.3) is 0 Å². The Hall–Kier alpha value is -2.17. The number of aromatic nitrogens is 3. The maximum Gasteiger partial charge on any atom is 0.249 e. The van der Waals surface area contributed by atoms with E-state index in [1.807, 2.05) is 18.2 Å². The zero-order valence-electron chi connectivity index (χ0n) is 13.7. The second-order valence-corrected chi connectivity index (χ2v) is 5.26. The van der Waals surface area contributed by atoms with Crippen LogP contribution in [-0.4, -0.2) is 28.3 Å². The molecule has 1 heterocycles. The van der Waals surface area contributed by atoms with E-state index in [-0.39, 0.29) is 0 Å². The Morgan fingerprint density at radius 2 is 1.77 bits per heavy atom. The van der Waals surface area contributed by atoms with E-state index in [9.17, 15) is 0 Å². The van der Waals surface area contributed by atoms with Crippen LogP contribution in [0.3, 0.4) is 0 Å². The number of para-hydroxylation sites is 1. The van der Waals surface area contributed by atoms with E-state index in [4.69, 9.17) is 0 Å². The Balaban J connectivity index is 2.20. The molecule has 0 aliphatic heterocycles. The summed E-state index contributed by atoms with van der Waals surface area (Å²) in [6, 6.07) is 8.22. The average Bonchev–Trinajstić information content (AvgIpc) is 2.55. The average molecular weight is 299 g/mol. The lowest BCUT2D eigenvalue weighted by atomic mass is 10.1. The Labute approximate surface area is 132 Å². The number of benzene rings is 1. The fourth-order valence-electron chi connectivity index (χ4n) is 2.45. The fourth-order valence-corrected chi connectivity index (χ4v) is 2.45. The van der Waals surface area contributed by atoms with Gasteiger partial charge in [-0.05, 0) is 30.9 Å². The van der Waals surface area contributed by atoms with E-state index < -0.39 is 0 Å². The van der Waals surface area contributed by atoms with Gasteiger partial charge in [-0.15, -0.1) is 5.10 Å². The van der Waals surface area contributed by atoms with E-state index in [0.29, 0.717) is 5.95 Å². The molecule has 0 aliphatic carbocycles. The van der Waals surface area contributed by atoms with Gasteiger partial charge < -0.3 is 10.2 Å². The molecule has 0 saturated heterocycles. The summed E-state index contributed by atoms with van der Waals surface area (Å²) < 4.78 is 0. The van der Waals surface area contributed by atoms with E-state index in [1.54, 1.807) is 6.20 Å². The molecular formula is C17H25N5. The van der Waals surface area contributed by atoms with Gasteiger partial charge in [-0.1, -0.05) is 39.0 Å². The lowest BCUT2D eigenvalue weighted by molar-refractivity contribution is 0.728. The van der Waals surface area contributed by atoms with Gasteiger partial charge in [0.15, 0.2) is 5.82 Å². The molecule has 1 aromatic carbocycles.